The van der Waals surface area contributed by atoms with Crippen LogP contribution < -0.4 is 9.64 Å². The van der Waals surface area contributed by atoms with Gasteiger partial charge in [0.05, 0.1) is 18.4 Å². The monoisotopic (exact) mass is 418 g/mol. The van der Waals surface area contributed by atoms with Crippen molar-refractivity contribution in [3.05, 3.63) is 60.0 Å². The first kappa shape index (κ1) is 19.5. The Kier molecular flexibility index (Phi) is 5.02. The zero-order valence-electron chi connectivity index (χ0n) is 17.3. The lowest BCUT2D eigenvalue weighted by atomic mass is 9.94. The van der Waals surface area contributed by atoms with Gasteiger partial charge in [-0.3, -0.25) is 0 Å². The molecule has 1 aromatic carbocycles. The molecule has 5 rings (SSSR count). The molecule has 3 heterocycles. The van der Waals surface area contributed by atoms with E-state index in [9.17, 15) is 4.39 Å². The van der Waals surface area contributed by atoms with Crippen LogP contribution in [0, 0.1) is 12.5 Å². The van der Waals surface area contributed by atoms with Crippen molar-refractivity contribution in [2.75, 3.05) is 18.0 Å². The first-order valence-corrected chi connectivity index (χ1v) is 10.6. The van der Waals surface area contributed by atoms with E-state index in [1.54, 1.807) is 12.4 Å². The largest absolute Gasteiger partial charge is 0.501 e. The van der Waals surface area contributed by atoms with Crippen molar-refractivity contribution >= 4 is 11.4 Å². The minimum absolute atomic E-state index is 0.202. The van der Waals surface area contributed by atoms with E-state index in [1.807, 2.05) is 23.7 Å². The SMILES string of the molecule is [C-]#[N+]c1c(OC2CC2)ccc(-c2ccc(F)nc2)c1N1CCC(c2nncn2C)CC1. The summed E-state index contributed by atoms with van der Waals surface area (Å²) in [7, 11) is 1.97. The molecule has 0 spiro atoms. The van der Waals surface area contributed by atoms with Crippen LogP contribution in [0.1, 0.15) is 37.4 Å². The lowest BCUT2D eigenvalue weighted by Crippen LogP contribution is -2.34. The number of nitrogens with zero attached hydrogens (tertiary/aromatic N) is 6. The number of aromatic nitrogens is 4. The number of rotatable bonds is 5. The molecule has 0 bridgehead atoms. The van der Waals surface area contributed by atoms with Crippen LogP contribution in [-0.2, 0) is 7.05 Å². The summed E-state index contributed by atoms with van der Waals surface area (Å²) in [5.41, 5.74) is 3.03. The van der Waals surface area contributed by atoms with Crippen molar-refractivity contribution in [3.8, 4) is 16.9 Å². The van der Waals surface area contributed by atoms with Crippen LogP contribution in [0.5, 0.6) is 5.75 Å². The molecular formula is C23H23FN6O. The molecule has 3 aromatic rings. The summed E-state index contributed by atoms with van der Waals surface area (Å²) in [6.07, 6.45) is 7.34. The van der Waals surface area contributed by atoms with E-state index in [0.29, 0.717) is 17.4 Å². The molecule has 1 aliphatic carbocycles. The predicted molar refractivity (Wildman–Crippen MR) is 115 cm³/mol. The van der Waals surface area contributed by atoms with Gasteiger partial charge in [0.15, 0.2) is 0 Å². The van der Waals surface area contributed by atoms with Crippen molar-refractivity contribution in [3.63, 3.8) is 0 Å². The quantitative estimate of drug-likeness (QED) is 0.451. The Morgan fingerprint density at radius 1 is 1.13 bits per heavy atom. The van der Waals surface area contributed by atoms with E-state index in [0.717, 1.165) is 61.4 Å². The molecule has 0 amide bonds. The highest BCUT2D eigenvalue weighted by molar-refractivity contribution is 5.91. The molecule has 0 unspecified atom stereocenters. The number of hydrogen-bond acceptors (Lipinski definition) is 5. The van der Waals surface area contributed by atoms with E-state index in [2.05, 4.69) is 24.9 Å². The topological polar surface area (TPSA) is 60.4 Å². The number of ether oxygens (including phenoxy) is 1. The zero-order valence-corrected chi connectivity index (χ0v) is 17.3. The maximum atomic E-state index is 13.4. The molecule has 31 heavy (non-hydrogen) atoms. The van der Waals surface area contributed by atoms with Gasteiger partial charge in [0.2, 0.25) is 5.95 Å². The minimum atomic E-state index is -0.520. The van der Waals surface area contributed by atoms with Crippen LogP contribution in [0.4, 0.5) is 15.8 Å². The van der Waals surface area contributed by atoms with Gasteiger partial charge in [-0.05, 0) is 49.4 Å². The zero-order chi connectivity index (χ0) is 21.4. The molecule has 1 aliphatic heterocycles. The van der Waals surface area contributed by atoms with Gasteiger partial charge >= 0.3 is 0 Å². The number of aryl methyl sites for hydroxylation is 1. The van der Waals surface area contributed by atoms with Gasteiger partial charge in [-0.25, -0.2) is 9.83 Å². The van der Waals surface area contributed by atoms with Crippen molar-refractivity contribution in [1.82, 2.24) is 19.7 Å². The molecule has 1 saturated heterocycles. The fourth-order valence-corrected chi connectivity index (χ4v) is 4.24. The van der Waals surface area contributed by atoms with Gasteiger partial charge in [-0.1, -0.05) is 6.07 Å². The molecular weight excluding hydrogens is 395 g/mol. The van der Waals surface area contributed by atoms with Gasteiger partial charge < -0.3 is 14.2 Å². The van der Waals surface area contributed by atoms with Crippen molar-refractivity contribution in [1.29, 1.82) is 0 Å². The van der Waals surface area contributed by atoms with Crippen LogP contribution in [-0.4, -0.2) is 38.9 Å². The van der Waals surface area contributed by atoms with Gasteiger partial charge in [0, 0.05) is 37.8 Å². The Hall–Kier alpha value is -3.47. The van der Waals surface area contributed by atoms with Crippen molar-refractivity contribution in [2.45, 2.75) is 37.7 Å². The second-order valence-corrected chi connectivity index (χ2v) is 8.17. The Balaban J connectivity index is 1.51. The first-order chi connectivity index (χ1) is 15.1. The summed E-state index contributed by atoms with van der Waals surface area (Å²) in [5.74, 6) is 1.44. The maximum Gasteiger partial charge on any atom is 0.251 e. The molecule has 2 fully saturated rings. The van der Waals surface area contributed by atoms with E-state index < -0.39 is 5.95 Å². The third kappa shape index (κ3) is 3.83. The number of halogens is 1. The molecule has 0 N–H and O–H groups in total. The van der Waals surface area contributed by atoms with E-state index in [-0.39, 0.29) is 6.10 Å². The van der Waals surface area contributed by atoms with E-state index in [4.69, 9.17) is 11.3 Å². The average Bonchev–Trinajstić information content (AvgIpc) is 3.51. The van der Waals surface area contributed by atoms with E-state index in [1.165, 1.54) is 12.3 Å². The third-order valence-corrected chi connectivity index (χ3v) is 6.01. The van der Waals surface area contributed by atoms with Crippen molar-refractivity contribution < 1.29 is 9.13 Å². The highest BCUT2D eigenvalue weighted by Crippen LogP contribution is 2.47. The second-order valence-electron chi connectivity index (χ2n) is 8.17. The van der Waals surface area contributed by atoms with Gasteiger partial charge in [-0.2, -0.15) is 4.39 Å². The summed E-state index contributed by atoms with van der Waals surface area (Å²) in [5, 5.41) is 8.29. The van der Waals surface area contributed by atoms with Gasteiger partial charge in [-0.15, -0.1) is 10.2 Å². The second kappa shape index (κ2) is 7.99. The first-order valence-electron chi connectivity index (χ1n) is 10.6. The average molecular weight is 418 g/mol. The Morgan fingerprint density at radius 2 is 1.94 bits per heavy atom. The number of pyridine rings is 1. The fraction of sp³-hybridized carbons (Fsp3) is 0.391. The van der Waals surface area contributed by atoms with Crippen LogP contribution in [0.15, 0.2) is 36.8 Å². The standard InChI is InChI=1S/C23H23FN6O/c1-25-21-19(31-17-4-5-17)7-6-18(16-3-8-20(24)26-13-16)22(21)30-11-9-15(10-12-30)23-28-27-14-29(23)2/h3,6-8,13-15,17H,4-5,9-12H2,2H3. The summed E-state index contributed by atoms with van der Waals surface area (Å²) < 4.78 is 21.4. The van der Waals surface area contributed by atoms with Crippen LogP contribution >= 0.6 is 0 Å². The third-order valence-electron chi connectivity index (χ3n) is 6.01. The number of benzene rings is 1. The van der Waals surface area contributed by atoms with Crippen LogP contribution in [0.2, 0.25) is 0 Å². The van der Waals surface area contributed by atoms with Gasteiger partial charge in [0.1, 0.15) is 17.9 Å². The van der Waals surface area contributed by atoms with Gasteiger partial charge in [0.25, 0.3) is 5.69 Å². The molecule has 8 heteroatoms. The van der Waals surface area contributed by atoms with Crippen molar-refractivity contribution in [2.24, 2.45) is 7.05 Å². The summed E-state index contributed by atoms with van der Waals surface area (Å²) in [6, 6.07) is 6.89. The molecule has 7 nitrogen and oxygen atoms in total. The molecule has 0 atom stereocenters. The smallest absolute Gasteiger partial charge is 0.251 e. The Morgan fingerprint density at radius 3 is 2.55 bits per heavy atom. The Bertz CT molecular complexity index is 1120. The number of anilines is 1. The van der Waals surface area contributed by atoms with Crippen LogP contribution in [0.25, 0.3) is 16.0 Å². The highest BCUT2D eigenvalue weighted by atomic mass is 19.1. The Labute approximate surface area is 180 Å². The van der Waals surface area contributed by atoms with E-state index >= 15 is 0 Å². The summed E-state index contributed by atoms with van der Waals surface area (Å²) in [4.78, 5) is 9.95. The van der Waals surface area contributed by atoms with Crippen LogP contribution in [0.3, 0.4) is 0 Å². The summed E-state index contributed by atoms with van der Waals surface area (Å²) in [6.45, 7) is 9.48. The minimum Gasteiger partial charge on any atom is -0.501 e. The molecule has 2 aromatic heterocycles. The number of hydrogen-bond donors (Lipinski definition) is 0. The lowest BCUT2D eigenvalue weighted by molar-refractivity contribution is 0.305. The normalized spacial score (nSPS) is 16.9. The summed E-state index contributed by atoms with van der Waals surface area (Å²) >= 11 is 0. The lowest BCUT2D eigenvalue weighted by Gasteiger charge is -2.35. The molecule has 1 saturated carbocycles. The molecule has 0 radical (unpaired) electrons. The predicted octanol–water partition coefficient (Wildman–Crippen LogP) is 4.49. The highest BCUT2D eigenvalue weighted by Gasteiger charge is 2.30. The molecule has 2 aliphatic rings. The fourth-order valence-electron chi connectivity index (χ4n) is 4.24. The number of piperidine rings is 1. The molecule has 158 valence electrons. The maximum absolute atomic E-state index is 13.4.